The van der Waals surface area contributed by atoms with Crippen molar-refractivity contribution in [3.63, 3.8) is 0 Å². The first kappa shape index (κ1) is 20.8. The van der Waals surface area contributed by atoms with Crippen molar-refractivity contribution in [2.75, 3.05) is 18.4 Å². The zero-order valence-corrected chi connectivity index (χ0v) is 16.9. The molecule has 0 bridgehead atoms. The highest BCUT2D eigenvalue weighted by atomic mass is 32.2. The van der Waals surface area contributed by atoms with E-state index < -0.39 is 21.7 Å². The summed E-state index contributed by atoms with van der Waals surface area (Å²) < 4.78 is 53.5. The average Bonchev–Trinajstić information content (AvgIpc) is 3.05. The Morgan fingerprint density at radius 2 is 1.89 bits per heavy atom. The maximum atomic E-state index is 12.8. The number of anilines is 1. The number of thioether (sulfide) groups is 1. The Morgan fingerprint density at radius 1 is 1.18 bits per heavy atom. The molecule has 0 radical (unpaired) electrons. The molecule has 1 N–H and O–H groups in total. The molecular formula is C18H21F2N3O3S2. The van der Waals surface area contributed by atoms with Gasteiger partial charge in [0.25, 0.3) is 11.7 Å². The summed E-state index contributed by atoms with van der Waals surface area (Å²) in [6, 6.07) is 7.47. The molecule has 0 aliphatic carbocycles. The number of hydrogen-bond donors (Lipinski definition) is 1. The van der Waals surface area contributed by atoms with E-state index in [9.17, 15) is 22.0 Å². The predicted octanol–water partition coefficient (Wildman–Crippen LogP) is 3.77. The van der Waals surface area contributed by atoms with Crippen LogP contribution in [-0.2, 0) is 17.1 Å². The zero-order chi connectivity index (χ0) is 20.3. The smallest absolute Gasteiger partial charge is 0.288 e. The third kappa shape index (κ3) is 4.73. The lowest BCUT2D eigenvalue weighted by Crippen LogP contribution is -2.35. The van der Waals surface area contributed by atoms with Crippen molar-refractivity contribution in [3.8, 4) is 0 Å². The van der Waals surface area contributed by atoms with E-state index in [4.69, 9.17) is 0 Å². The zero-order valence-electron chi connectivity index (χ0n) is 15.3. The normalized spacial score (nSPS) is 15.7. The maximum Gasteiger partial charge on any atom is 0.288 e. The number of halogens is 2. The highest BCUT2D eigenvalue weighted by Crippen LogP contribution is 2.28. The van der Waals surface area contributed by atoms with E-state index in [0.29, 0.717) is 35.4 Å². The number of carbonyl (C=O) groups is 1. The molecule has 1 saturated heterocycles. The molecule has 152 valence electrons. The number of piperidine rings is 1. The molecule has 2 aromatic rings. The SMILES string of the molecule is Cn1cc(S(=O)(=O)N2CCCCC2)cc1C(=O)Nc1cccc(SC(F)F)c1. The Labute approximate surface area is 167 Å². The second-order valence-electron chi connectivity index (χ2n) is 6.50. The van der Waals surface area contributed by atoms with Gasteiger partial charge in [0.1, 0.15) is 10.6 Å². The van der Waals surface area contributed by atoms with E-state index in [-0.39, 0.29) is 10.6 Å². The number of nitrogens with one attached hydrogen (secondary N) is 1. The summed E-state index contributed by atoms with van der Waals surface area (Å²) in [7, 11) is -2.05. The van der Waals surface area contributed by atoms with Crippen molar-refractivity contribution in [3.05, 3.63) is 42.2 Å². The van der Waals surface area contributed by atoms with Crippen LogP contribution in [0.5, 0.6) is 0 Å². The van der Waals surface area contributed by atoms with Crippen molar-refractivity contribution in [2.45, 2.75) is 34.8 Å². The number of sulfonamides is 1. The molecule has 1 aromatic carbocycles. The predicted molar refractivity (Wildman–Crippen MR) is 104 cm³/mol. The molecule has 1 fully saturated rings. The Balaban J connectivity index is 1.78. The van der Waals surface area contributed by atoms with E-state index in [1.165, 1.54) is 33.3 Å². The fourth-order valence-electron chi connectivity index (χ4n) is 3.10. The summed E-state index contributed by atoms with van der Waals surface area (Å²) in [6.07, 6.45) is 4.08. The van der Waals surface area contributed by atoms with Crippen molar-refractivity contribution in [1.29, 1.82) is 0 Å². The molecule has 2 heterocycles. The Kier molecular flexibility index (Phi) is 6.41. The van der Waals surface area contributed by atoms with Gasteiger partial charge in [-0.1, -0.05) is 24.2 Å². The number of aromatic nitrogens is 1. The van der Waals surface area contributed by atoms with E-state index in [1.807, 2.05) is 0 Å². The molecule has 1 amide bonds. The Morgan fingerprint density at radius 3 is 2.57 bits per heavy atom. The largest absolute Gasteiger partial charge is 0.345 e. The van der Waals surface area contributed by atoms with Crippen molar-refractivity contribution in [1.82, 2.24) is 8.87 Å². The monoisotopic (exact) mass is 429 g/mol. The summed E-state index contributed by atoms with van der Waals surface area (Å²) in [5.74, 6) is -3.07. The van der Waals surface area contributed by atoms with Gasteiger partial charge >= 0.3 is 0 Å². The van der Waals surface area contributed by atoms with Crippen LogP contribution in [0, 0.1) is 0 Å². The van der Waals surface area contributed by atoms with E-state index in [2.05, 4.69) is 5.32 Å². The molecule has 0 unspecified atom stereocenters. The van der Waals surface area contributed by atoms with Crippen molar-refractivity contribution >= 4 is 33.4 Å². The number of rotatable bonds is 6. The third-order valence-corrected chi connectivity index (χ3v) is 7.05. The molecule has 28 heavy (non-hydrogen) atoms. The van der Waals surface area contributed by atoms with Crippen LogP contribution < -0.4 is 5.32 Å². The van der Waals surface area contributed by atoms with Gasteiger partial charge in [0.2, 0.25) is 10.0 Å². The number of benzene rings is 1. The fourth-order valence-corrected chi connectivity index (χ4v) is 5.25. The number of aryl methyl sites for hydroxylation is 1. The molecule has 0 saturated carbocycles. The molecule has 0 atom stereocenters. The minimum atomic E-state index is -3.64. The lowest BCUT2D eigenvalue weighted by Gasteiger charge is -2.25. The lowest BCUT2D eigenvalue weighted by molar-refractivity contribution is 0.101. The van der Waals surface area contributed by atoms with Gasteiger partial charge in [0, 0.05) is 36.9 Å². The van der Waals surface area contributed by atoms with Gasteiger partial charge in [-0.2, -0.15) is 13.1 Å². The third-order valence-electron chi connectivity index (χ3n) is 4.48. The quantitative estimate of drug-likeness (QED) is 0.710. The van der Waals surface area contributed by atoms with Gasteiger partial charge in [0.05, 0.1) is 0 Å². The van der Waals surface area contributed by atoms with Gasteiger partial charge in [0.15, 0.2) is 0 Å². The second kappa shape index (κ2) is 8.62. The first-order valence-corrected chi connectivity index (χ1v) is 11.1. The van der Waals surface area contributed by atoms with Gasteiger partial charge in [-0.3, -0.25) is 4.79 Å². The molecule has 6 nitrogen and oxygen atoms in total. The van der Waals surface area contributed by atoms with Crippen molar-refractivity contribution in [2.24, 2.45) is 7.05 Å². The molecule has 1 aromatic heterocycles. The van der Waals surface area contributed by atoms with Gasteiger partial charge in [-0.05, 0) is 37.1 Å². The first-order chi connectivity index (χ1) is 13.3. The van der Waals surface area contributed by atoms with E-state index in [0.717, 1.165) is 19.3 Å². The molecule has 3 rings (SSSR count). The van der Waals surface area contributed by atoms with Crippen molar-refractivity contribution < 1.29 is 22.0 Å². The number of alkyl halides is 2. The molecule has 0 spiro atoms. The van der Waals surface area contributed by atoms with Crippen LogP contribution in [0.1, 0.15) is 29.8 Å². The molecule has 1 aliphatic rings. The summed E-state index contributed by atoms with van der Waals surface area (Å²) in [5, 5.41) is 2.63. The van der Waals surface area contributed by atoms with Crippen LogP contribution in [-0.4, -0.2) is 42.0 Å². The van der Waals surface area contributed by atoms with Gasteiger partial charge < -0.3 is 9.88 Å². The fraction of sp³-hybridized carbons (Fsp3) is 0.389. The summed E-state index contributed by atoms with van der Waals surface area (Å²) in [5.41, 5.74) is 0.528. The van der Waals surface area contributed by atoms with Crippen LogP contribution in [0.3, 0.4) is 0 Å². The first-order valence-electron chi connectivity index (χ1n) is 8.80. The topological polar surface area (TPSA) is 71.4 Å². The van der Waals surface area contributed by atoms with Crippen LogP contribution in [0.2, 0.25) is 0 Å². The summed E-state index contributed by atoms with van der Waals surface area (Å²) in [4.78, 5) is 13.0. The Hall–Kier alpha value is -1.91. The highest BCUT2D eigenvalue weighted by molar-refractivity contribution is 7.99. The van der Waals surface area contributed by atoms with Crippen LogP contribution in [0.15, 0.2) is 46.3 Å². The summed E-state index contributed by atoms with van der Waals surface area (Å²) in [6.45, 7) is 0.959. The number of carbonyl (C=O) groups excluding carboxylic acids is 1. The van der Waals surface area contributed by atoms with Crippen LogP contribution >= 0.6 is 11.8 Å². The molecule has 10 heteroatoms. The van der Waals surface area contributed by atoms with E-state index >= 15 is 0 Å². The number of amides is 1. The molecule has 1 aliphatic heterocycles. The maximum absolute atomic E-state index is 12.8. The average molecular weight is 430 g/mol. The molecular weight excluding hydrogens is 408 g/mol. The summed E-state index contributed by atoms with van der Waals surface area (Å²) >= 11 is 0.387. The standard InChI is InChI=1S/C18H21F2N3O3S2/c1-22-12-15(28(25,26)23-8-3-2-4-9-23)11-16(22)17(24)21-13-6-5-7-14(10-13)27-18(19)20/h5-7,10-12,18H,2-4,8-9H2,1H3,(H,21,24). The van der Waals surface area contributed by atoms with Gasteiger partial charge in [-0.25, -0.2) is 8.42 Å². The Bertz CT molecular complexity index is 955. The minimum Gasteiger partial charge on any atom is -0.345 e. The van der Waals surface area contributed by atoms with Crippen LogP contribution in [0.25, 0.3) is 0 Å². The second-order valence-corrected chi connectivity index (χ2v) is 9.50. The minimum absolute atomic E-state index is 0.0732. The lowest BCUT2D eigenvalue weighted by atomic mass is 10.2. The highest BCUT2D eigenvalue weighted by Gasteiger charge is 2.28. The number of nitrogens with zero attached hydrogens (tertiary/aromatic N) is 2. The van der Waals surface area contributed by atoms with Crippen LogP contribution in [0.4, 0.5) is 14.5 Å². The number of hydrogen-bond acceptors (Lipinski definition) is 4. The van der Waals surface area contributed by atoms with Gasteiger partial charge in [-0.15, -0.1) is 0 Å². The van der Waals surface area contributed by atoms with E-state index in [1.54, 1.807) is 19.2 Å².